The summed E-state index contributed by atoms with van der Waals surface area (Å²) in [5, 5.41) is 5.08. The Kier molecular flexibility index (Phi) is 4.96. The van der Waals surface area contributed by atoms with Gasteiger partial charge >= 0.3 is 0 Å². The summed E-state index contributed by atoms with van der Waals surface area (Å²) in [6.45, 7) is 7.52. The molecule has 1 aromatic rings. The molecule has 0 saturated heterocycles. The standard InChI is InChI=1S/C17H24FN3O3/c1-5-24-14-9-17(19,16(14,3)4)15(23)21-11-6-7-12(18)13(8-11)20-10(2)22/h6-8,14H,5,9,19H2,1-4H3,(H,20,22)(H,21,23). The third kappa shape index (κ3) is 3.14. The van der Waals surface area contributed by atoms with E-state index in [9.17, 15) is 14.0 Å². The molecule has 0 bridgehead atoms. The van der Waals surface area contributed by atoms with E-state index in [2.05, 4.69) is 10.6 Å². The fraction of sp³-hybridized carbons (Fsp3) is 0.529. The topological polar surface area (TPSA) is 93.4 Å². The summed E-state index contributed by atoms with van der Waals surface area (Å²) >= 11 is 0. The molecule has 1 aliphatic carbocycles. The minimum atomic E-state index is -1.07. The Morgan fingerprint density at radius 1 is 1.38 bits per heavy atom. The van der Waals surface area contributed by atoms with Crippen LogP contribution in [0.4, 0.5) is 15.8 Å². The first-order valence-corrected chi connectivity index (χ1v) is 7.91. The highest BCUT2D eigenvalue weighted by Crippen LogP contribution is 2.50. The molecule has 0 aromatic heterocycles. The molecule has 6 nitrogen and oxygen atoms in total. The summed E-state index contributed by atoms with van der Waals surface area (Å²) in [6.07, 6.45) is 0.334. The van der Waals surface area contributed by atoms with Crippen LogP contribution in [0.15, 0.2) is 18.2 Å². The third-order valence-corrected chi connectivity index (χ3v) is 4.77. The van der Waals surface area contributed by atoms with Gasteiger partial charge in [0.15, 0.2) is 0 Å². The average molecular weight is 337 g/mol. The molecule has 132 valence electrons. The number of carbonyl (C=O) groups excluding carboxylic acids is 2. The van der Waals surface area contributed by atoms with E-state index < -0.39 is 22.7 Å². The van der Waals surface area contributed by atoms with E-state index >= 15 is 0 Å². The molecule has 7 heteroatoms. The highest BCUT2D eigenvalue weighted by atomic mass is 19.1. The Balaban J connectivity index is 2.14. The molecule has 1 fully saturated rings. The van der Waals surface area contributed by atoms with Crippen LogP contribution in [0.1, 0.15) is 34.1 Å². The number of hydrogen-bond acceptors (Lipinski definition) is 4. The van der Waals surface area contributed by atoms with Crippen LogP contribution >= 0.6 is 0 Å². The normalized spacial score (nSPS) is 24.8. The fourth-order valence-corrected chi connectivity index (χ4v) is 2.95. The van der Waals surface area contributed by atoms with Gasteiger partial charge in [0.1, 0.15) is 11.4 Å². The number of benzene rings is 1. The lowest BCUT2D eigenvalue weighted by molar-refractivity contribution is -0.166. The van der Waals surface area contributed by atoms with Crippen LogP contribution in [-0.2, 0) is 14.3 Å². The van der Waals surface area contributed by atoms with Crippen molar-refractivity contribution in [3.8, 4) is 0 Å². The maximum absolute atomic E-state index is 13.7. The summed E-state index contributed by atoms with van der Waals surface area (Å²) in [5.41, 5.74) is 5.08. The van der Waals surface area contributed by atoms with Crippen LogP contribution in [0.3, 0.4) is 0 Å². The number of ether oxygens (including phenoxy) is 1. The Morgan fingerprint density at radius 2 is 2.04 bits per heavy atom. The molecular weight excluding hydrogens is 313 g/mol. The summed E-state index contributed by atoms with van der Waals surface area (Å²) in [5.74, 6) is -1.33. The van der Waals surface area contributed by atoms with Gasteiger partial charge in [-0.15, -0.1) is 0 Å². The van der Waals surface area contributed by atoms with Gasteiger partial charge in [-0.25, -0.2) is 4.39 Å². The van der Waals surface area contributed by atoms with Crippen LogP contribution in [0.25, 0.3) is 0 Å². The van der Waals surface area contributed by atoms with E-state index in [0.29, 0.717) is 18.7 Å². The van der Waals surface area contributed by atoms with Crippen molar-refractivity contribution in [1.82, 2.24) is 0 Å². The van der Waals surface area contributed by atoms with Crippen molar-refractivity contribution in [1.29, 1.82) is 0 Å². The van der Waals surface area contributed by atoms with Gasteiger partial charge in [-0.2, -0.15) is 0 Å². The number of amides is 2. The monoisotopic (exact) mass is 337 g/mol. The summed E-state index contributed by atoms with van der Waals surface area (Å²) in [4.78, 5) is 23.7. The summed E-state index contributed by atoms with van der Waals surface area (Å²) < 4.78 is 19.3. The van der Waals surface area contributed by atoms with Gasteiger partial charge in [0.25, 0.3) is 0 Å². The van der Waals surface area contributed by atoms with E-state index in [1.54, 1.807) is 0 Å². The molecule has 0 aliphatic heterocycles. The first kappa shape index (κ1) is 18.4. The second-order valence-corrected chi connectivity index (χ2v) is 6.67. The molecule has 0 heterocycles. The lowest BCUT2D eigenvalue weighted by Crippen LogP contribution is -2.74. The number of carbonyl (C=O) groups is 2. The van der Waals surface area contributed by atoms with Crippen molar-refractivity contribution >= 4 is 23.2 Å². The Bertz CT molecular complexity index is 662. The summed E-state index contributed by atoms with van der Waals surface area (Å²) in [7, 11) is 0. The van der Waals surface area contributed by atoms with Crippen LogP contribution < -0.4 is 16.4 Å². The first-order chi connectivity index (χ1) is 11.1. The van der Waals surface area contributed by atoms with E-state index in [4.69, 9.17) is 10.5 Å². The van der Waals surface area contributed by atoms with Crippen LogP contribution in [0.2, 0.25) is 0 Å². The van der Waals surface area contributed by atoms with E-state index in [-0.39, 0.29) is 17.7 Å². The van der Waals surface area contributed by atoms with E-state index in [1.165, 1.54) is 25.1 Å². The third-order valence-electron chi connectivity index (χ3n) is 4.77. The minimum Gasteiger partial charge on any atom is -0.378 e. The molecular formula is C17H24FN3O3. The molecule has 4 N–H and O–H groups in total. The molecule has 1 aliphatic rings. The maximum atomic E-state index is 13.7. The van der Waals surface area contributed by atoms with Crippen molar-refractivity contribution in [2.75, 3.05) is 17.2 Å². The largest absolute Gasteiger partial charge is 0.378 e. The molecule has 0 radical (unpaired) electrons. The smallest absolute Gasteiger partial charge is 0.245 e. The molecule has 0 spiro atoms. The van der Waals surface area contributed by atoms with E-state index in [1.807, 2.05) is 20.8 Å². The van der Waals surface area contributed by atoms with Crippen molar-refractivity contribution in [2.45, 2.75) is 45.8 Å². The van der Waals surface area contributed by atoms with Gasteiger partial charge in [0, 0.05) is 31.1 Å². The van der Waals surface area contributed by atoms with Gasteiger partial charge in [-0.05, 0) is 25.1 Å². The maximum Gasteiger partial charge on any atom is 0.245 e. The molecule has 1 saturated carbocycles. The second kappa shape index (κ2) is 6.49. The highest BCUT2D eigenvalue weighted by Gasteiger charge is 2.62. The number of nitrogens with two attached hydrogens (primary N) is 1. The van der Waals surface area contributed by atoms with Gasteiger partial charge in [-0.1, -0.05) is 13.8 Å². The lowest BCUT2D eigenvalue weighted by atomic mass is 9.54. The Morgan fingerprint density at radius 3 is 2.58 bits per heavy atom. The fourth-order valence-electron chi connectivity index (χ4n) is 2.95. The molecule has 2 rings (SSSR count). The van der Waals surface area contributed by atoms with Crippen molar-refractivity contribution in [2.24, 2.45) is 11.1 Å². The zero-order valence-electron chi connectivity index (χ0n) is 14.4. The predicted octanol–water partition coefficient (Wildman–Crippen LogP) is 2.26. The zero-order valence-corrected chi connectivity index (χ0v) is 14.4. The number of anilines is 2. The van der Waals surface area contributed by atoms with Gasteiger partial charge in [0.2, 0.25) is 11.8 Å². The SMILES string of the molecule is CCOC1CC(N)(C(=O)Nc2ccc(F)c(NC(C)=O)c2)C1(C)C. The van der Waals surface area contributed by atoms with Crippen molar-refractivity contribution in [3.05, 3.63) is 24.0 Å². The quantitative estimate of drug-likeness (QED) is 0.768. The number of hydrogen-bond donors (Lipinski definition) is 3. The highest BCUT2D eigenvalue weighted by molar-refractivity contribution is 6.00. The second-order valence-electron chi connectivity index (χ2n) is 6.67. The molecule has 2 amide bonds. The Labute approximate surface area is 140 Å². The van der Waals surface area contributed by atoms with Gasteiger partial charge < -0.3 is 21.1 Å². The number of rotatable bonds is 5. The molecule has 2 atom stereocenters. The number of nitrogens with one attached hydrogen (secondary N) is 2. The molecule has 2 unspecified atom stereocenters. The first-order valence-electron chi connectivity index (χ1n) is 7.91. The Hall–Kier alpha value is -1.99. The predicted molar refractivity (Wildman–Crippen MR) is 90.1 cm³/mol. The number of halogens is 1. The van der Waals surface area contributed by atoms with Crippen LogP contribution in [0, 0.1) is 11.2 Å². The summed E-state index contributed by atoms with van der Waals surface area (Å²) in [6, 6.07) is 3.97. The lowest BCUT2D eigenvalue weighted by Gasteiger charge is -2.57. The molecule has 1 aromatic carbocycles. The van der Waals surface area contributed by atoms with Crippen molar-refractivity contribution < 1.29 is 18.7 Å². The average Bonchev–Trinajstić information content (AvgIpc) is 2.49. The van der Waals surface area contributed by atoms with E-state index in [0.717, 1.165) is 0 Å². The minimum absolute atomic E-state index is 0.00596. The van der Waals surface area contributed by atoms with Gasteiger partial charge in [0.05, 0.1) is 11.8 Å². The van der Waals surface area contributed by atoms with Crippen LogP contribution in [0.5, 0.6) is 0 Å². The van der Waals surface area contributed by atoms with Crippen LogP contribution in [-0.4, -0.2) is 30.1 Å². The van der Waals surface area contributed by atoms with Crippen molar-refractivity contribution in [3.63, 3.8) is 0 Å². The molecule has 24 heavy (non-hydrogen) atoms. The van der Waals surface area contributed by atoms with Gasteiger partial charge in [-0.3, -0.25) is 9.59 Å². The zero-order chi connectivity index (χ0) is 18.1.